The topological polar surface area (TPSA) is 58.4 Å². The van der Waals surface area contributed by atoms with E-state index in [4.69, 9.17) is 5.73 Å². The maximum atomic E-state index is 12.1. The predicted octanol–water partition coefficient (Wildman–Crippen LogP) is 1.70. The quantitative estimate of drug-likeness (QED) is 0.725. The number of nitrogens with two attached hydrogens (primary N) is 1. The van der Waals surface area contributed by atoms with Crippen molar-refractivity contribution in [2.45, 2.75) is 58.0 Å². The molecule has 0 heterocycles. The van der Waals surface area contributed by atoms with Crippen molar-refractivity contribution < 1.29 is 4.79 Å². The third-order valence-electron chi connectivity index (χ3n) is 3.45. The number of nitrogens with one attached hydrogen (secondary N) is 1. The molecule has 2 amide bonds. The Bertz CT molecular complexity index is 234. The largest absolute Gasteiger partial charge is 0.335 e. The standard InChI is InChI=1S/C12H25N3O/c1-4-8-15(12(3,5-2)9-13)11(16)14-10-6-7-10/h10H,4-9,13H2,1-3H3,(H,14,16). The smallest absolute Gasteiger partial charge is 0.318 e. The zero-order valence-corrected chi connectivity index (χ0v) is 10.8. The van der Waals surface area contributed by atoms with Gasteiger partial charge in [-0.3, -0.25) is 0 Å². The van der Waals surface area contributed by atoms with Crippen LogP contribution >= 0.6 is 0 Å². The highest BCUT2D eigenvalue weighted by atomic mass is 16.2. The number of rotatable bonds is 6. The van der Waals surface area contributed by atoms with Crippen molar-refractivity contribution in [3.8, 4) is 0 Å². The summed E-state index contributed by atoms with van der Waals surface area (Å²) in [6.07, 6.45) is 4.10. The molecule has 4 nitrogen and oxygen atoms in total. The molecule has 94 valence electrons. The molecule has 0 aromatic rings. The summed E-state index contributed by atoms with van der Waals surface area (Å²) in [5, 5.41) is 3.04. The zero-order chi connectivity index (χ0) is 12.2. The fourth-order valence-corrected chi connectivity index (χ4v) is 1.77. The van der Waals surface area contributed by atoms with Crippen LogP contribution in [0.5, 0.6) is 0 Å². The molecule has 1 atom stereocenters. The summed E-state index contributed by atoms with van der Waals surface area (Å²) in [4.78, 5) is 14.0. The molecular formula is C12H25N3O. The monoisotopic (exact) mass is 227 g/mol. The van der Waals surface area contributed by atoms with Crippen LogP contribution in [-0.4, -0.2) is 35.6 Å². The predicted molar refractivity (Wildman–Crippen MR) is 66.3 cm³/mol. The first-order valence-electron chi connectivity index (χ1n) is 6.35. The van der Waals surface area contributed by atoms with Gasteiger partial charge < -0.3 is 16.0 Å². The second-order valence-electron chi connectivity index (χ2n) is 4.93. The lowest BCUT2D eigenvalue weighted by Crippen LogP contribution is -2.57. The minimum Gasteiger partial charge on any atom is -0.335 e. The molecule has 0 aliphatic heterocycles. The molecule has 0 saturated heterocycles. The molecule has 16 heavy (non-hydrogen) atoms. The van der Waals surface area contributed by atoms with Gasteiger partial charge in [-0.05, 0) is 32.6 Å². The van der Waals surface area contributed by atoms with Crippen LogP contribution in [0.3, 0.4) is 0 Å². The number of amides is 2. The van der Waals surface area contributed by atoms with Crippen LogP contribution < -0.4 is 11.1 Å². The first kappa shape index (κ1) is 13.3. The van der Waals surface area contributed by atoms with E-state index in [0.29, 0.717) is 12.6 Å². The summed E-state index contributed by atoms with van der Waals surface area (Å²) >= 11 is 0. The highest BCUT2D eigenvalue weighted by Crippen LogP contribution is 2.22. The molecule has 0 spiro atoms. The number of urea groups is 1. The highest BCUT2D eigenvalue weighted by molar-refractivity contribution is 5.75. The lowest BCUT2D eigenvalue weighted by atomic mass is 9.96. The van der Waals surface area contributed by atoms with Crippen molar-refractivity contribution in [2.24, 2.45) is 5.73 Å². The SMILES string of the molecule is CCCN(C(=O)NC1CC1)C(C)(CC)CN. The van der Waals surface area contributed by atoms with Crippen molar-refractivity contribution >= 4 is 6.03 Å². The third-order valence-corrected chi connectivity index (χ3v) is 3.45. The molecule has 0 aromatic heterocycles. The van der Waals surface area contributed by atoms with Gasteiger partial charge in [-0.2, -0.15) is 0 Å². The molecule has 4 heteroatoms. The second-order valence-corrected chi connectivity index (χ2v) is 4.93. The molecule has 0 aromatic carbocycles. The lowest BCUT2D eigenvalue weighted by molar-refractivity contribution is 0.124. The van der Waals surface area contributed by atoms with Crippen molar-refractivity contribution in [2.75, 3.05) is 13.1 Å². The van der Waals surface area contributed by atoms with E-state index in [9.17, 15) is 4.79 Å². The Morgan fingerprint density at radius 1 is 1.50 bits per heavy atom. The fourth-order valence-electron chi connectivity index (χ4n) is 1.77. The summed E-state index contributed by atoms with van der Waals surface area (Å²) in [6, 6.07) is 0.463. The minimum atomic E-state index is -0.213. The summed E-state index contributed by atoms with van der Waals surface area (Å²) in [7, 11) is 0. The molecule has 1 aliphatic rings. The van der Waals surface area contributed by atoms with Gasteiger partial charge in [-0.25, -0.2) is 4.79 Å². The van der Waals surface area contributed by atoms with Crippen molar-refractivity contribution in [1.29, 1.82) is 0 Å². The van der Waals surface area contributed by atoms with E-state index in [1.807, 2.05) is 4.90 Å². The zero-order valence-electron chi connectivity index (χ0n) is 10.8. The summed E-state index contributed by atoms with van der Waals surface area (Å²) in [6.45, 7) is 7.53. The van der Waals surface area contributed by atoms with Crippen LogP contribution in [0.1, 0.15) is 46.5 Å². The van der Waals surface area contributed by atoms with Crippen LogP contribution in [0.2, 0.25) is 0 Å². The summed E-state index contributed by atoms with van der Waals surface area (Å²) < 4.78 is 0. The van der Waals surface area contributed by atoms with Gasteiger partial charge in [0.1, 0.15) is 0 Å². The van der Waals surface area contributed by atoms with Crippen LogP contribution in [0.4, 0.5) is 4.79 Å². The van der Waals surface area contributed by atoms with Crippen molar-refractivity contribution in [3.05, 3.63) is 0 Å². The van der Waals surface area contributed by atoms with E-state index in [2.05, 4.69) is 26.1 Å². The molecule has 1 aliphatic carbocycles. The summed E-state index contributed by atoms with van der Waals surface area (Å²) in [5.41, 5.74) is 5.60. The van der Waals surface area contributed by atoms with Crippen LogP contribution in [0.25, 0.3) is 0 Å². The highest BCUT2D eigenvalue weighted by Gasteiger charge is 2.34. The summed E-state index contributed by atoms with van der Waals surface area (Å²) in [5.74, 6) is 0. The average Bonchev–Trinajstić information content (AvgIpc) is 3.08. The Hall–Kier alpha value is -0.770. The van der Waals surface area contributed by atoms with E-state index in [-0.39, 0.29) is 11.6 Å². The normalized spacial score (nSPS) is 19.0. The van der Waals surface area contributed by atoms with Gasteiger partial charge in [0, 0.05) is 19.1 Å². The maximum absolute atomic E-state index is 12.1. The molecule has 1 saturated carbocycles. The Morgan fingerprint density at radius 3 is 2.50 bits per heavy atom. The first-order valence-corrected chi connectivity index (χ1v) is 6.35. The average molecular weight is 227 g/mol. The second kappa shape index (κ2) is 5.53. The Kier molecular flexibility index (Phi) is 4.59. The van der Waals surface area contributed by atoms with Gasteiger partial charge in [0.15, 0.2) is 0 Å². The van der Waals surface area contributed by atoms with Crippen LogP contribution in [0, 0.1) is 0 Å². The number of carbonyl (C=O) groups excluding carboxylic acids is 1. The number of carbonyl (C=O) groups is 1. The molecule has 1 fully saturated rings. The minimum absolute atomic E-state index is 0.0548. The molecule has 0 bridgehead atoms. The molecule has 0 radical (unpaired) electrons. The van der Waals surface area contributed by atoms with Gasteiger partial charge in [0.2, 0.25) is 0 Å². The number of nitrogens with zero attached hydrogens (tertiary/aromatic N) is 1. The third kappa shape index (κ3) is 3.11. The Labute approximate surface area is 98.6 Å². The number of hydrogen-bond donors (Lipinski definition) is 2. The van der Waals surface area contributed by atoms with Crippen molar-refractivity contribution in [3.63, 3.8) is 0 Å². The van der Waals surface area contributed by atoms with Crippen LogP contribution in [0.15, 0.2) is 0 Å². The van der Waals surface area contributed by atoms with E-state index >= 15 is 0 Å². The number of hydrogen-bond acceptors (Lipinski definition) is 2. The van der Waals surface area contributed by atoms with E-state index < -0.39 is 0 Å². The van der Waals surface area contributed by atoms with Gasteiger partial charge in [0.25, 0.3) is 0 Å². The molecule has 1 unspecified atom stereocenters. The molecule has 1 rings (SSSR count). The lowest BCUT2D eigenvalue weighted by Gasteiger charge is -2.40. The van der Waals surface area contributed by atoms with Gasteiger partial charge in [0.05, 0.1) is 5.54 Å². The molecular weight excluding hydrogens is 202 g/mol. The van der Waals surface area contributed by atoms with Gasteiger partial charge in [-0.1, -0.05) is 13.8 Å². The van der Waals surface area contributed by atoms with Gasteiger partial charge in [-0.15, -0.1) is 0 Å². The molecule has 3 N–H and O–H groups in total. The maximum Gasteiger partial charge on any atom is 0.318 e. The van der Waals surface area contributed by atoms with Crippen LogP contribution in [-0.2, 0) is 0 Å². The fraction of sp³-hybridized carbons (Fsp3) is 0.917. The first-order chi connectivity index (χ1) is 7.57. The Balaban J connectivity index is 2.66. The van der Waals surface area contributed by atoms with E-state index in [0.717, 1.165) is 32.2 Å². The van der Waals surface area contributed by atoms with Gasteiger partial charge >= 0.3 is 6.03 Å². The van der Waals surface area contributed by atoms with E-state index in [1.165, 1.54) is 0 Å². The van der Waals surface area contributed by atoms with Crippen molar-refractivity contribution in [1.82, 2.24) is 10.2 Å². The Morgan fingerprint density at radius 2 is 2.12 bits per heavy atom. The van der Waals surface area contributed by atoms with E-state index in [1.54, 1.807) is 0 Å².